The third kappa shape index (κ3) is 4.80. The van der Waals surface area contributed by atoms with E-state index in [1.807, 2.05) is 17.0 Å². The average molecular weight is 489 g/mol. The molecule has 2 aromatic rings. The maximum absolute atomic E-state index is 12.0. The largest absolute Gasteiger partial charge is 0.480 e. The molecule has 10 nitrogen and oxygen atoms in total. The molecule has 2 aliphatic heterocycles. The van der Waals surface area contributed by atoms with Crippen LogP contribution in [0.3, 0.4) is 0 Å². The van der Waals surface area contributed by atoms with Crippen LogP contribution in [0.15, 0.2) is 24.3 Å². The lowest BCUT2D eigenvalue weighted by Gasteiger charge is -2.42. The normalized spacial score (nSPS) is 31.8. The van der Waals surface area contributed by atoms with Crippen LogP contribution in [-0.4, -0.2) is 79.0 Å². The summed E-state index contributed by atoms with van der Waals surface area (Å²) in [5.41, 5.74) is 0.804. The highest BCUT2D eigenvalue weighted by atomic mass is 35.5. The van der Waals surface area contributed by atoms with E-state index in [2.05, 4.69) is 20.7 Å². The van der Waals surface area contributed by atoms with Gasteiger partial charge in [-0.1, -0.05) is 11.6 Å². The van der Waals surface area contributed by atoms with E-state index in [0.29, 0.717) is 54.5 Å². The summed E-state index contributed by atoms with van der Waals surface area (Å²) in [5, 5.41) is 35.9. The number of nitrogens with one attached hydrogen (secondary N) is 1. The number of carboxylic acids is 2. The van der Waals surface area contributed by atoms with E-state index in [1.165, 1.54) is 0 Å². The number of aliphatic carboxylic acids is 2. The van der Waals surface area contributed by atoms with Crippen LogP contribution < -0.4 is 5.32 Å². The SMILES string of the molecule is O=C(O)[C@@H]1C[C@H]2C[C@@H](CN3C[C@@H](n4nnc(-c5ccc(Cl)cc5)n4)C[C@H]3C(=O)O)CC[C@H]2CN1. The van der Waals surface area contributed by atoms with E-state index in [9.17, 15) is 19.8 Å². The van der Waals surface area contributed by atoms with Crippen molar-refractivity contribution in [1.82, 2.24) is 30.4 Å². The third-order valence-corrected chi connectivity index (χ3v) is 7.98. The predicted molar refractivity (Wildman–Crippen MR) is 123 cm³/mol. The van der Waals surface area contributed by atoms with Gasteiger partial charge in [-0.2, -0.15) is 4.80 Å². The Labute approximate surface area is 202 Å². The molecule has 0 radical (unpaired) electrons. The molecule has 6 atom stereocenters. The van der Waals surface area contributed by atoms with Crippen molar-refractivity contribution in [3.05, 3.63) is 29.3 Å². The summed E-state index contributed by atoms with van der Waals surface area (Å²) in [6.07, 6.45) is 4.12. The minimum Gasteiger partial charge on any atom is -0.480 e. The molecule has 182 valence electrons. The Bertz CT molecular complexity index is 1050. The highest BCUT2D eigenvalue weighted by Crippen LogP contribution is 2.40. The van der Waals surface area contributed by atoms with Crippen LogP contribution in [0.2, 0.25) is 5.02 Å². The van der Waals surface area contributed by atoms with Crippen LogP contribution in [0.25, 0.3) is 11.4 Å². The fourth-order valence-corrected chi connectivity index (χ4v) is 6.07. The first kappa shape index (κ1) is 23.2. The van der Waals surface area contributed by atoms with Crippen molar-refractivity contribution in [1.29, 1.82) is 0 Å². The summed E-state index contributed by atoms with van der Waals surface area (Å²) in [4.78, 5) is 27.0. The molecule has 11 heteroatoms. The predicted octanol–water partition coefficient (Wildman–Crippen LogP) is 2.17. The first-order valence-electron chi connectivity index (χ1n) is 11.9. The molecule has 3 N–H and O–H groups in total. The lowest BCUT2D eigenvalue weighted by atomic mass is 9.69. The first-order chi connectivity index (χ1) is 16.4. The summed E-state index contributed by atoms with van der Waals surface area (Å²) in [7, 11) is 0. The Morgan fingerprint density at radius 3 is 2.59 bits per heavy atom. The van der Waals surface area contributed by atoms with Gasteiger partial charge < -0.3 is 15.5 Å². The Morgan fingerprint density at radius 1 is 1.06 bits per heavy atom. The van der Waals surface area contributed by atoms with E-state index in [-0.39, 0.29) is 6.04 Å². The molecule has 3 aliphatic rings. The van der Waals surface area contributed by atoms with Crippen LogP contribution in [0.1, 0.15) is 38.1 Å². The molecule has 2 saturated heterocycles. The first-order valence-corrected chi connectivity index (χ1v) is 12.2. The molecular formula is C23H29ClN6O4. The zero-order chi connectivity index (χ0) is 23.8. The molecule has 0 spiro atoms. The van der Waals surface area contributed by atoms with Crippen LogP contribution in [0, 0.1) is 17.8 Å². The minimum absolute atomic E-state index is 0.165. The summed E-state index contributed by atoms with van der Waals surface area (Å²) >= 11 is 5.96. The number of aromatic nitrogens is 4. The molecule has 0 amide bonds. The van der Waals surface area contributed by atoms with Gasteiger partial charge in [-0.05, 0) is 85.9 Å². The van der Waals surface area contributed by atoms with Crippen LogP contribution in [0.4, 0.5) is 0 Å². The number of likely N-dealkylation sites (tertiary alicyclic amines) is 1. The van der Waals surface area contributed by atoms with Crippen LogP contribution in [0.5, 0.6) is 0 Å². The molecule has 1 saturated carbocycles. The number of benzene rings is 1. The number of hydrogen-bond acceptors (Lipinski definition) is 7. The monoisotopic (exact) mass is 488 g/mol. The Balaban J connectivity index is 1.24. The highest BCUT2D eigenvalue weighted by Gasteiger charge is 2.42. The van der Waals surface area contributed by atoms with Gasteiger partial charge in [0.2, 0.25) is 5.82 Å². The van der Waals surface area contributed by atoms with Gasteiger partial charge >= 0.3 is 11.9 Å². The molecule has 5 rings (SSSR count). The second-order valence-electron chi connectivity index (χ2n) is 9.87. The number of carboxylic acid groups (broad SMARTS) is 2. The summed E-state index contributed by atoms with van der Waals surface area (Å²) in [6.45, 7) is 2.00. The second-order valence-corrected chi connectivity index (χ2v) is 10.3. The van der Waals surface area contributed by atoms with Gasteiger partial charge in [0.15, 0.2) is 0 Å². The van der Waals surface area contributed by atoms with Crippen molar-refractivity contribution in [2.45, 2.75) is 50.2 Å². The highest BCUT2D eigenvalue weighted by molar-refractivity contribution is 6.30. The zero-order valence-corrected chi connectivity index (χ0v) is 19.5. The van der Waals surface area contributed by atoms with Crippen molar-refractivity contribution < 1.29 is 19.8 Å². The second kappa shape index (κ2) is 9.59. The van der Waals surface area contributed by atoms with Gasteiger partial charge in [-0.3, -0.25) is 14.5 Å². The maximum Gasteiger partial charge on any atom is 0.321 e. The van der Waals surface area contributed by atoms with E-state index in [1.54, 1.807) is 16.9 Å². The molecule has 1 aromatic heterocycles. The van der Waals surface area contributed by atoms with Crippen molar-refractivity contribution >= 4 is 23.5 Å². The van der Waals surface area contributed by atoms with Gasteiger partial charge in [-0.25, -0.2) is 0 Å². The van der Waals surface area contributed by atoms with Gasteiger partial charge in [0.25, 0.3) is 0 Å². The number of rotatable bonds is 6. The van der Waals surface area contributed by atoms with Crippen molar-refractivity contribution in [3.8, 4) is 11.4 Å². The molecule has 34 heavy (non-hydrogen) atoms. The van der Waals surface area contributed by atoms with Crippen LogP contribution >= 0.6 is 11.6 Å². The van der Waals surface area contributed by atoms with E-state index in [0.717, 1.165) is 31.4 Å². The fraction of sp³-hybridized carbons (Fsp3) is 0.609. The van der Waals surface area contributed by atoms with E-state index >= 15 is 0 Å². The Kier molecular flexibility index (Phi) is 6.54. The van der Waals surface area contributed by atoms with E-state index < -0.39 is 24.0 Å². The van der Waals surface area contributed by atoms with Gasteiger partial charge in [-0.15, -0.1) is 10.2 Å². The van der Waals surface area contributed by atoms with Crippen molar-refractivity contribution in [3.63, 3.8) is 0 Å². The topological polar surface area (TPSA) is 133 Å². The number of fused-ring (bicyclic) bond motifs is 1. The lowest BCUT2D eigenvalue weighted by molar-refractivity contribution is -0.143. The number of halogens is 1. The molecule has 0 bridgehead atoms. The average Bonchev–Trinajstić information content (AvgIpc) is 3.47. The molecule has 1 aromatic carbocycles. The number of carbonyl (C=O) groups is 2. The number of piperidine rings is 1. The molecule has 1 aliphatic carbocycles. The smallest absolute Gasteiger partial charge is 0.321 e. The number of tetrazole rings is 1. The van der Waals surface area contributed by atoms with Crippen molar-refractivity contribution in [2.24, 2.45) is 17.8 Å². The Morgan fingerprint density at radius 2 is 1.85 bits per heavy atom. The van der Waals surface area contributed by atoms with Crippen molar-refractivity contribution in [2.75, 3.05) is 19.6 Å². The van der Waals surface area contributed by atoms with Crippen LogP contribution in [-0.2, 0) is 9.59 Å². The van der Waals surface area contributed by atoms with Gasteiger partial charge in [0, 0.05) is 23.7 Å². The molecule has 3 fully saturated rings. The number of hydrogen-bond donors (Lipinski definition) is 3. The molecule has 3 heterocycles. The van der Waals surface area contributed by atoms with Gasteiger partial charge in [0.05, 0.1) is 6.04 Å². The number of nitrogens with zero attached hydrogens (tertiary/aromatic N) is 5. The summed E-state index contributed by atoms with van der Waals surface area (Å²) in [6, 6.07) is 5.97. The minimum atomic E-state index is -0.831. The zero-order valence-electron chi connectivity index (χ0n) is 18.8. The third-order valence-electron chi connectivity index (χ3n) is 7.73. The summed E-state index contributed by atoms with van der Waals surface area (Å²) in [5.74, 6) is 0.122. The molecular weight excluding hydrogens is 460 g/mol. The lowest BCUT2D eigenvalue weighted by Crippen LogP contribution is -2.50. The quantitative estimate of drug-likeness (QED) is 0.559. The maximum atomic E-state index is 12.0. The Hall–Kier alpha value is -2.56. The molecule has 0 unspecified atom stereocenters. The van der Waals surface area contributed by atoms with Gasteiger partial charge in [0.1, 0.15) is 12.1 Å². The fourth-order valence-electron chi connectivity index (χ4n) is 5.95. The standard InChI is InChI=1S/C23H29ClN6O4/c24-17-5-3-14(4-6-17)21-26-28-30(27-21)18-9-20(23(33)34)29(12-18)11-13-1-2-15-10-25-19(22(31)32)8-16(15)7-13/h3-6,13,15-16,18-20,25H,1-2,7-12H2,(H,31,32)(H,33,34)/t13-,15-,16+,18-,19-,20-/m0/s1. The van der Waals surface area contributed by atoms with E-state index in [4.69, 9.17) is 11.6 Å². The summed E-state index contributed by atoms with van der Waals surface area (Å²) < 4.78 is 0.